The maximum atomic E-state index is 12.9. The number of nitrogens with one attached hydrogen (secondary N) is 1. The second-order valence-electron chi connectivity index (χ2n) is 9.48. The summed E-state index contributed by atoms with van der Waals surface area (Å²) in [6.45, 7) is 6.71. The predicted molar refractivity (Wildman–Crippen MR) is 140 cm³/mol. The van der Waals surface area contributed by atoms with E-state index in [1.165, 1.54) is 5.69 Å². The van der Waals surface area contributed by atoms with Gasteiger partial charge in [0.2, 0.25) is 15.9 Å². The molecule has 2 saturated heterocycles. The lowest BCUT2D eigenvalue weighted by Gasteiger charge is -2.36. The molecule has 35 heavy (non-hydrogen) atoms. The number of piperazine rings is 1. The molecular formula is C27H38N4O3S. The zero-order valence-corrected chi connectivity index (χ0v) is 21.4. The second kappa shape index (κ2) is 12.5. The topological polar surface area (TPSA) is 73.0 Å². The van der Waals surface area contributed by atoms with Crippen LogP contribution in [0.2, 0.25) is 0 Å². The van der Waals surface area contributed by atoms with Gasteiger partial charge in [0.15, 0.2) is 0 Å². The van der Waals surface area contributed by atoms with Gasteiger partial charge in [0.25, 0.3) is 0 Å². The summed E-state index contributed by atoms with van der Waals surface area (Å²) in [5, 5.41) is 3.03. The zero-order chi connectivity index (χ0) is 24.5. The molecule has 1 amide bonds. The molecule has 4 rings (SSSR count). The highest BCUT2D eigenvalue weighted by Gasteiger charge is 2.25. The van der Waals surface area contributed by atoms with Gasteiger partial charge in [-0.15, -0.1) is 0 Å². The van der Waals surface area contributed by atoms with Crippen molar-refractivity contribution >= 4 is 21.6 Å². The minimum atomic E-state index is -3.43. The van der Waals surface area contributed by atoms with Crippen molar-refractivity contribution < 1.29 is 13.2 Å². The third-order valence-corrected chi connectivity index (χ3v) is 8.92. The van der Waals surface area contributed by atoms with Gasteiger partial charge in [-0.05, 0) is 49.1 Å². The number of hydrogen-bond donors (Lipinski definition) is 1. The SMILES string of the molecule is O=C(CCc1ccc(S(=O)(=O)N2CCCCCC2)cc1)NCCN1CCN(c2ccccc2)CC1. The van der Waals surface area contributed by atoms with Gasteiger partial charge in [-0.3, -0.25) is 9.69 Å². The van der Waals surface area contributed by atoms with Gasteiger partial charge in [0, 0.05) is 64.5 Å². The van der Waals surface area contributed by atoms with Crippen LogP contribution in [-0.2, 0) is 21.2 Å². The van der Waals surface area contributed by atoms with E-state index in [0.29, 0.717) is 37.4 Å². The third-order valence-electron chi connectivity index (χ3n) is 7.01. The lowest BCUT2D eigenvalue weighted by Crippen LogP contribution is -2.48. The van der Waals surface area contributed by atoms with Crippen LogP contribution in [0.4, 0.5) is 5.69 Å². The Labute approximate surface area is 210 Å². The number of amides is 1. The molecule has 0 aliphatic carbocycles. The number of nitrogens with zero attached hydrogens (tertiary/aromatic N) is 3. The van der Waals surface area contributed by atoms with E-state index in [1.54, 1.807) is 16.4 Å². The predicted octanol–water partition coefficient (Wildman–Crippen LogP) is 3.12. The molecular weight excluding hydrogens is 460 g/mol. The first-order valence-electron chi connectivity index (χ1n) is 12.9. The summed E-state index contributed by atoms with van der Waals surface area (Å²) in [6.07, 6.45) is 5.05. The standard InChI is InChI=1S/C27H38N4O3S/c32-27(28-16-19-29-20-22-30(23-21-29)25-8-4-3-5-9-25)15-12-24-10-13-26(14-11-24)35(33,34)31-17-6-1-2-7-18-31/h3-5,8-11,13-14H,1-2,6-7,12,15-23H2,(H,28,32). The smallest absolute Gasteiger partial charge is 0.243 e. The van der Waals surface area contributed by atoms with Gasteiger partial charge < -0.3 is 10.2 Å². The van der Waals surface area contributed by atoms with Crippen LogP contribution in [0.3, 0.4) is 0 Å². The van der Waals surface area contributed by atoms with Gasteiger partial charge in [0.1, 0.15) is 0 Å². The van der Waals surface area contributed by atoms with E-state index < -0.39 is 10.0 Å². The van der Waals surface area contributed by atoms with Crippen LogP contribution in [0.5, 0.6) is 0 Å². The van der Waals surface area contributed by atoms with Gasteiger partial charge in [-0.25, -0.2) is 8.42 Å². The zero-order valence-electron chi connectivity index (χ0n) is 20.6. The molecule has 2 aliphatic heterocycles. The Morgan fingerprint density at radius 2 is 1.46 bits per heavy atom. The molecule has 0 radical (unpaired) electrons. The Bertz CT molecular complexity index is 1030. The van der Waals surface area contributed by atoms with Crippen molar-refractivity contribution in [3.63, 3.8) is 0 Å². The third kappa shape index (κ3) is 7.29. The molecule has 190 valence electrons. The van der Waals surface area contributed by atoms with Gasteiger partial charge in [-0.2, -0.15) is 4.31 Å². The highest BCUT2D eigenvalue weighted by molar-refractivity contribution is 7.89. The fraction of sp³-hybridized carbons (Fsp3) is 0.519. The van der Waals surface area contributed by atoms with Gasteiger partial charge >= 0.3 is 0 Å². The molecule has 2 aromatic carbocycles. The van der Waals surface area contributed by atoms with Crippen molar-refractivity contribution in [3.8, 4) is 0 Å². The first-order valence-corrected chi connectivity index (χ1v) is 14.3. The van der Waals surface area contributed by atoms with Crippen LogP contribution in [0.15, 0.2) is 59.5 Å². The molecule has 0 atom stereocenters. The number of benzene rings is 2. The van der Waals surface area contributed by atoms with Crippen LogP contribution >= 0.6 is 0 Å². The molecule has 2 heterocycles. The fourth-order valence-corrected chi connectivity index (χ4v) is 6.34. The molecule has 2 fully saturated rings. The van der Waals surface area contributed by atoms with Crippen molar-refractivity contribution in [1.29, 1.82) is 0 Å². The van der Waals surface area contributed by atoms with E-state index in [-0.39, 0.29) is 5.91 Å². The first kappa shape index (κ1) is 25.7. The number of anilines is 1. The molecule has 2 aliphatic rings. The first-order chi connectivity index (χ1) is 17.0. The molecule has 0 spiro atoms. The molecule has 0 aromatic heterocycles. The number of carbonyl (C=O) groups excluding carboxylic acids is 1. The molecule has 7 nitrogen and oxygen atoms in total. The van der Waals surface area contributed by atoms with Crippen molar-refractivity contribution in [3.05, 3.63) is 60.2 Å². The summed E-state index contributed by atoms with van der Waals surface area (Å²) in [7, 11) is -3.43. The number of para-hydroxylation sites is 1. The number of rotatable bonds is 9. The molecule has 8 heteroatoms. The maximum Gasteiger partial charge on any atom is 0.243 e. The monoisotopic (exact) mass is 498 g/mol. The molecule has 0 bridgehead atoms. The van der Waals surface area contributed by atoms with Crippen LogP contribution < -0.4 is 10.2 Å². The Balaban J connectivity index is 1.15. The van der Waals surface area contributed by atoms with Crippen molar-refractivity contribution in [2.75, 3.05) is 57.3 Å². The van der Waals surface area contributed by atoms with E-state index in [2.05, 4.69) is 39.4 Å². The van der Waals surface area contributed by atoms with E-state index >= 15 is 0 Å². The van der Waals surface area contributed by atoms with Gasteiger partial charge in [-0.1, -0.05) is 43.2 Å². The summed E-state index contributed by atoms with van der Waals surface area (Å²) in [6, 6.07) is 17.5. The summed E-state index contributed by atoms with van der Waals surface area (Å²) >= 11 is 0. The Hall–Kier alpha value is -2.42. The molecule has 1 N–H and O–H groups in total. The Morgan fingerprint density at radius 1 is 0.800 bits per heavy atom. The Kier molecular flexibility index (Phi) is 9.18. The highest BCUT2D eigenvalue weighted by Crippen LogP contribution is 2.21. The van der Waals surface area contributed by atoms with Crippen LogP contribution in [0, 0.1) is 0 Å². The van der Waals surface area contributed by atoms with Gasteiger partial charge in [0.05, 0.1) is 4.90 Å². The highest BCUT2D eigenvalue weighted by atomic mass is 32.2. The van der Waals surface area contributed by atoms with E-state index in [1.807, 2.05) is 18.2 Å². The summed E-state index contributed by atoms with van der Waals surface area (Å²) in [5.74, 6) is 0.0363. The van der Waals surface area contributed by atoms with Crippen molar-refractivity contribution in [1.82, 2.24) is 14.5 Å². The molecule has 0 unspecified atom stereocenters. The Morgan fingerprint density at radius 3 is 2.11 bits per heavy atom. The average molecular weight is 499 g/mol. The van der Waals surface area contributed by atoms with Crippen molar-refractivity contribution in [2.45, 2.75) is 43.4 Å². The quantitative estimate of drug-likeness (QED) is 0.575. The number of hydrogen-bond acceptors (Lipinski definition) is 5. The van der Waals surface area contributed by atoms with E-state index in [4.69, 9.17) is 0 Å². The summed E-state index contributed by atoms with van der Waals surface area (Å²) < 4.78 is 27.4. The van der Waals surface area contributed by atoms with Crippen LogP contribution in [0.25, 0.3) is 0 Å². The minimum Gasteiger partial charge on any atom is -0.369 e. The van der Waals surface area contributed by atoms with Crippen LogP contribution in [-0.4, -0.2) is 75.9 Å². The fourth-order valence-electron chi connectivity index (χ4n) is 4.83. The largest absolute Gasteiger partial charge is 0.369 e. The molecule has 0 saturated carbocycles. The summed E-state index contributed by atoms with van der Waals surface area (Å²) in [5.41, 5.74) is 2.25. The normalized spacial score (nSPS) is 18.2. The lowest BCUT2D eigenvalue weighted by atomic mass is 10.1. The lowest BCUT2D eigenvalue weighted by molar-refractivity contribution is -0.121. The number of sulfonamides is 1. The minimum absolute atomic E-state index is 0.0363. The van der Waals surface area contributed by atoms with E-state index in [9.17, 15) is 13.2 Å². The maximum absolute atomic E-state index is 12.9. The second-order valence-corrected chi connectivity index (χ2v) is 11.4. The van der Waals surface area contributed by atoms with Crippen LogP contribution in [0.1, 0.15) is 37.7 Å². The number of carbonyl (C=O) groups is 1. The van der Waals surface area contributed by atoms with Crippen molar-refractivity contribution in [2.24, 2.45) is 0 Å². The summed E-state index contributed by atoms with van der Waals surface area (Å²) in [4.78, 5) is 17.5. The molecule has 2 aromatic rings. The average Bonchev–Trinajstić information content (AvgIpc) is 3.19. The number of aryl methyl sites for hydroxylation is 1. The van der Waals surface area contributed by atoms with E-state index in [0.717, 1.165) is 64.0 Å².